The molecule has 1 aliphatic carbocycles. The van der Waals surface area contributed by atoms with Gasteiger partial charge in [0.25, 0.3) is 0 Å². The molecule has 0 aromatic carbocycles. The Hall–Kier alpha value is -1.51. The van der Waals surface area contributed by atoms with Crippen LogP contribution in [-0.4, -0.2) is 41.3 Å². The van der Waals surface area contributed by atoms with E-state index in [0.717, 1.165) is 13.0 Å². The maximum absolute atomic E-state index is 4.84. The van der Waals surface area contributed by atoms with Gasteiger partial charge < -0.3 is 9.80 Å². The van der Waals surface area contributed by atoms with Crippen molar-refractivity contribution in [3.8, 4) is 0 Å². The molecule has 0 aromatic rings. The Morgan fingerprint density at radius 3 is 3.11 bits per heavy atom. The Bertz CT molecular complexity index is 484. The lowest BCUT2D eigenvalue weighted by atomic mass is 10.0. The van der Waals surface area contributed by atoms with Crippen molar-refractivity contribution in [2.24, 2.45) is 4.99 Å². The van der Waals surface area contributed by atoms with E-state index < -0.39 is 0 Å². The van der Waals surface area contributed by atoms with Crippen LogP contribution in [0.15, 0.2) is 40.7 Å². The van der Waals surface area contributed by atoms with Crippen molar-refractivity contribution in [2.45, 2.75) is 31.7 Å². The summed E-state index contributed by atoms with van der Waals surface area (Å²) in [4.78, 5) is 9.91. The molecule has 4 rings (SSSR count). The number of nitrogens with zero attached hydrogens (tertiary/aromatic N) is 3. The molecular formula is C15H19N3. The topological polar surface area (TPSA) is 18.8 Å². The first-order valence-electron chi connectivity index (χ1n) is 7.09. The number of amidine groups is 1. The van der Waals surface area contributed by atoms with E-state index in [9.17, 15) is 0 Å². The third kappa shape index (κ3) is 1.53. The second kappa shape index (κ2) is 4.01. The van der Waals surface area contributed by atoms with Crippen LogP contribution in [0.3, 0.4) is 0 Å². The zero-order valence-corrected chi connectivity index (χ0v) is 10.7. The molecule has 0 radical (unpaired) electrons. The molecule has 4 aliphatic rings. The molecule has 0 N–H and O–H groups in total. The van der Waals surface area contributed by atoms with E-state index in [2.05, 4.69) is 34.1 Å². The lowest BCUT2D eigenvalue weighted by Crippen LogP contribution is -2.39. The second-order valence-electron chi connectivity index (χ2n) is 5.51. The summed E-state index contributed by atoms with van der Waals surface area (Å²) in [6, 6.07) is 0.509. The van der Waals surface area contributed by atoms with E-state index in [4.69, 9.17) is 4.99 Å². The molecule has 3 heterocycles. The molecule has 1 saturated heterocycles. The highest BCUT2D eigenvalue weighted by molar-refractivity contribution is 5.97. The number of allylic oxidation sites excluding steroid dienone is 3. The molecule has 3 aliphatic heterocycles. The summed E-state index contributed by atoms with van der Waals surface area (Å²) in [6.45, 7) is 3.61. The maximum Gasteiger partial charge on any atom is 0.131 e. The zero-order chi connectivity index (χ0) is 11.9. The van der Waals surface area contributed by atoms with Crippen LogP contribution in [0.4, 0.5) is 0 Å². The van der Waals surface area contributed by atoms with Crippen molar-refractivity contribution in [1.29, 1.82) is 0 Å². The normalized spacial score (nSPS) is 32.7. The van der Waals surface area contributed by atoms with Crippen molar-refractivity contribution in [1.82, 2.24) is 9.80 Å². The van der Waals surface area contributed by atoms with Gasteiger partial charge in [0.1, 0.15) is 5.84 Å². The lowest BCUT2D eigenvalue weighted by molar-refractivity contribution is 0.310. The molecule has 3 nitrogen and oxygen atoms in total. The van der Waals surface area contributed by atoms with Gasteiger partial charge in [0, 0.05) is 25.3 Å². The first-order valence-corrected chi connectivity index (χ1v) is 7.09. The predicted molar refractivity (Wildman–Crippen MR) is 73.3 cm³/mol. The van der Waals surface area contributed by atoms with Crippen LogP contribution < -0.4 is 0 Å². The smallest absolute Gasteiger partial charge is 0.131 e. The summed E-state index contributed by atoms with van der Waals surface area (Å²) in [5, 5.41) is 0. The highest BCUT2D eigenvalue weighted by atomic mass is 15.3. The second-order valence-corrected chi connectivity index (χ2v) is 5.51. The van der Waals surface area contributed by atoms with E-state index in [1.165, 1.54) is 49.6 Å². The van der Waals surface area contributed by atoms with Crippen LogP contribution in [0.1, 0.15) is 25.7 Å². The number of rotatable bonds is 0. The zero-order valence-electron chi connectivity index (χ0n) is 10.7. The average molecular weight is 241 g/mol. The van der Waals surface area contributed by atoms with Crippen LogP contribution in [0.2, 0.25) is 0 Å². The molecule has 94 valence electrons. The minimum absolute atomic E-state index is 0.509. The molecular weight excluding hydrogens is 222 g/mol. The van der Waals surface area contributed by atoms with Gasteiger partial charge in [0.05, 0.1) is 11.7 Å². The maximum atomic E-state index is 4.84. The van der Waals surface area contributed by atoms with E-state index >= 15 is 0 Å². The van der Waals surface area contributed by atoms with Crippen molar-refractivity contribution in [3.63, 3.8) is 0 Å². The van der Waals surface area contributed by atoms with Crippen molar-refractivity contribution < 1.29 is 0 Å². The van der Waals surface area contributed by atoms with Gasteiger partial charge in [-0.3, -0.25) is 0 Å². The van der Waals surface area contributed by atoms with Crippen LogP contribution in [0.25, 0.3) is 0 Å². The quantitative estimate of drug-likeness (QED) is 0.648. The minimum atomic E-state index is 0.509. The average Bonchev–Trinajstić information content (AvgIpc) is 2.93. The summed E-state index contributed by atoms with van der Waals surface area (Å²) in [5.74, 6) is 1.21. The molecule has 0 spiro atoms. The molecule has 0 aromatic heterocycles. The van der Waals surface area contributed by atoms with Gasteiger partial charge in [-0.05, 0) is 37.8 Å². The van der Waals surface area contributed by atoms with Crippen LogP contribution >= 0.6 is 0 Å². The summed E-state index contributed by atoms with van der Waals surface area (Å²) < 4.78 is 0. The lowest BCUT2D eigenvalue weighted by Gasteiger charge is -2.31. The first kappa shape index (κ1) is 10.4. The number of hydrogen-bond donors (Lipinski definition) is 0. The molecule has 18 heavy (non-hydrogen) atoms. The molecule has 0 amide bonds. The summed E-state index contributed by atoms with van der Waals surface area (Å²) in [6.07, 6.45) is 13.8. The van der Waals surface area contributed by atoms with Crippen molar-refractivity contribution in [2.75, 3.05) is 19.6 Å². The molecule has 1 fully saturated rings. The van der Waals surface area contributed by atoms with Gasteiger partial charge in [-0.1, -0.05) is 12.2 Å². The largest absolute Gasteiger partial charge is 0.375 e. The van der Waals surface area contributed by atoms with Crippen molar-refractivity contribution >= 4 is 5.84 Å². The number of fused-ring (bicyclic) bond motifs is 4. The third-order valence-electron chi connectivity index (χ3n) is 4.41. The van der Waals surface area contributed by atoms with E-state index in [0.29, 0.717) is 6.04 Å². The molecule has 1 atom stereocenters. The number of hydrogen-bond acceptors (Lipinski definition) is 3. The van der Waals surface area contributed by atoms with Gasteiger partial charge in [-0.15, -0.1) is 0 Å². The SMILES string of the molecule is C1=CCC2C(=C1)N=C1/C=C3/CCCN3CCCN12. The molecule has 0 saturated carbocycles. The minimum Gasteiger partial charge on any atom is -0.375 e. The van der Waals surface area contributed by atoms with E-state index in [1.807, 2.05) is 0 Å². The Labute approximate surface area is 108 Å². The Kier molecular flexibility index (Phi) is 2.32. The standard InChI is InChI=1S/C15H19N3/c1-2-7-14-13(6-1)16-15-11-12-5-3-8-17(12)9-4-10-18(14)15/h1-2,6,11,14H,3-5,7-10H2/b12-11-. The van der Waals surface area contributed by atoms with Crippen LogP contribution in [-0.2, 0) is 0 Å². The Morgan fingerprint density at radius 1 is 1.17 bits per heavy atom. The molecule has 0 bridgehead atoms. The first-order chi connectivity index (χ1) is 8.92. The number of aliphatic imine (C=N–C) groups is 1. The summed E-state index contributed by atoms with van der Waals surface area (Å²) in [7, 11) is 0. The van der Waals surface area contributed by atoms with Gasteiger partial charge in [-0.25, -0.2) is 4.99 Å². The van der Waals surface area contributed by atoms with Gasteiger partial charge in [0.2, 0.25) is 0 Å². The highest BCUT2D eigenvalue weighted by Gasteiger charge is 2.32. The Balaban J connectivity index is 1.72. The molecule has 3 heteroatoms. The monoisotopic (exact) mass is 241 g/mol. The summed E-state index contributed by atoms with van der Waals surface area (Å²) in [5.41, 5.74) is 2.77. The van der Waals surface area contributed by atoms with E-state index in [-0.39, 0.29) is 0 Å². The van der Waals surface area contributed by atoms with Crippen LogP contribution in [0, 0.1) is 0 Å². The third-order valence-corrected chi connectivity index (χ3v) is 4.41. The van der Waals surface area contributed by atoms with E-state index in [1.54, 1.807) is 0 Å². The fourth-order valence-electron chi connectivity index (χ4n) is 3.50. The van der Waals surface area contributed by atoms with Crippen molar-refractivity contribution in [3.05, 3.63) is 35.7 Å². The predicted octanol–water partition coefficient (Wildman–Crippen LogP) is 2.30. The van der Waals surface area contributed by atoms with Gasteiger partial charge in [-0.2, -0.15) is 0 Å². The fourth-order valence-corrected chi connectivity index (χ4v) is 3.50. The molecule has 1 unspecified atom stereocenters. The van der Waals surface area contributed by atoms with Crippen LogP contribution in [0.5, 0.6) is 0 Å². The Morgan fingerprint density at radius 2 is 2.11 bits per heavy atom. The summed E-state index contributed by atoms with van der Waals surface area (Å²) >= 11 is 0. The fraction of sp³-hybridized carbons (Fsp3) is 0.533. The van der Waals surface area contributed by atoms with Gasteiger partial charge in [0.15, 0.2) is 0 Å². The van der Waals surface area contributed by atoms with Gasteiger partial charge >= 0.3 is 0 Å². The highest BCUT2D eigenvalue weighted by Crippen LogP contribution is 2.31.